The molecule has 3 N–H and O–H groups in total. The van der Waals surface area contributed by atoms with E-state index in [4.69, 9.17) is 5.26 Å². The SMILES string of the molecule is CCCNc1ccc(C#N)cc1NC(=O)c1ccc[nH]1. The molecule has 0 aliphatic carbocycles. The van der Waals surface area contributed by atoms with Gasteiger partial charge in [0.2, 0.25) is 0 Å². The first-order valence-corrected chi connectivity index (χ1v) is 6.47. The van der Waals surface area contributed by atoms with Crippen LogP contribution in [0, 0.1) is 11.3 Å². The van der Waals surface area contributed by atoms with Gasteiger partial charge in [-0.3, -0.25) is 4.79 Å². The van der Waals surface area contributed by atoms with E-state index in [0.717, 1.165) is 18.7 Å². The molecule has 0 aliphatic heterocycles. The van der Waals surface area contributed by atoms with E-state index in [1.807, 2.05) is 0 Å². The van der Waals surface area contributed by atoms with E-state index in [1.165, 1.54) is 0 Å². The molecule has 0 bridgehead atoms. The Morgan fingerprint density at radius 2 is 2.20 bits per heavy atom. The number of hydrogen-bond acceptors (Lipinski definition) is 3. The molecule has 5 heteroatoms. The van der Waals surface area contributed by atoms with Crippen molar-refractivity contribution in [1.82, 2.24) is 4.98 Å². The van der Waals surface area contributed by atoms with Crippen LogP contribution in [0.1, 0.15) is 29.4 Å². The third kappa shape index (κ3) is 3.18. The average molecular weight is 268 g/mol. The number of H-pyrrole nitrogens is 1. The molecule has 0 saturated heterocycles. The van der Waals surface area contributed by atoms with Crippen molar-refractivity contribution in [2.45, 2.75) is 13.3 Å². The Morgan fingerprint density at radius 3 is 2.85 bits per heavy atom. The number of nitrogens with one attached hydrogen (secondary N) is 3. The normalized spacial score (nSPS) is 9.80. The van der Waals surface area contributed by atoms with Gasteiger partial charge in [-0.1, -0.05) is 6.92 Å². The summed E-state index contributed by atoms with van der Waals surface area (Å²) in [6.45, 7) is 2.87. The average Bonchev–Trinajstić information content (AvgIpc) is 3.00. The van der Waals surface area contributed by atoms with Crippen molar-refractivity contribution >= 4 is 17.3 Å². The van der Waals surface area contributed by atoms with E-state index >= 15 is 0 Å². The van der Waals surface area contributed by atoms with Crippen molar-refractivity contribution in [1.29, 1.82) is 5.26 Å². The third-order valence-electron chi connectivity index (χ3n) is 2.80. The van der Waals surface area contributed by atoms with Gasteiger partial charge in [-0.15, -0.1) is 0 Å². The number of aromatic amines is 1. The number of benzene rings is 1. The number of nitriles is 1. The summed E-state index contributed by atoms with van der Waals surface area (Å²) < 4.78 is 0. The predicted octanol–water partition coefficient (Wildman–Crippen LogP) is 2.96. The molecule has 2 rings (SSSR count). The van der Waals surface area contributed by atoms with Crippen LogP contribution in [0.4, 0.5) is 11.4 Å². The Hall–Kier alpha value is -2.74. The number of nitrogens with zero attached hydrogens (tertiary/aromatic N) is 1. The zero-order chi connectivity index (χ0) is 14.4. The van der Waals surface area contributed by atoms with Crippen LogP contribution in [0.3, 0.4) is 0 Å². The van der Waals surface area contributed by atoms with Gasteiger partial charge < -0.3 is 15.6 Å². The van der Waals surface area contributed by atoms with Gasteiger partial charge in [-0.05, 0) is 36.8 Å². The van der Waals surface area contributed by atoms with Gasteiger partial charge in [0.05, 0.1) is 23.0 Å². The van der Waals surface area contributed by atoms with Gasteiger partial charge in [-0.2, -0.15) is 5.26 Å². The zero-order valence-electron chi connectivity index (χ0n) is 11.2. The van der Waals surface area contributed by atoms with Crippen LogP contribution >= 0.6 is 0 Å². The molecular formula is C15H16N4O. The molecule has 0 saturated carbocycles. The molecule has 20 heavy (non-hydrogen) atoms. The van der Waals surface area contributed by atoms with Crippen LogP contribution in [-0.4, -0.2) is 17.4 Å². The number of aromatic nitrogens is 1. The minimum atomic E-state index is -0.232. The fraction of sp³-hybridized carbons (Fsp3) is 0.200. The maximum absolute atomic E-state index is 12.0. The fourth-order valence-electron chi connectivity index (χ4n) is 1.79. The van der Waals surface area contributed by atoms with Crippen molar-refractivity contribution in [2.75, 3.05) is 17.2 Å². The first-order chi connectivity index (χ1) is 9.74. The summed E-state index contributed by atoms with van der Waals surface area (Å²) in [5, 5.41) is 15.0. The maximum atomic E-state index is 12.0. The minimum absolute atomic E-state index is 0.232. The van der Waals surface area contributed by atoms with Crippen LogP contribution in [0.5, 0.6) is 0 Å². The topological polar surface area (TPSA) is 80.7 Å². The predicted molar refractivity (Wildman–Crippen MR) is 78.7 cm³/mol. The number of carbonyl (C=O) groups is 1. The Labute approximate surface area is 117 Å². The first-order valence-electron chi connectivity index (χ1n) is 6.47. The number of amides is 1. The Bertz CT molecular complexity index is 626. The molecule has 2 aromatic rings. The lowest BCUT2D eigenvalue weighted by Gasteiger charge is -2.12. The highest BCUT2D eigenvalue weighted by Gasteiger charge is 2.10. The van der Waals surface area contributed by atoms with Gasteiger partial charge >= 0.3 is 0 Å². The molecule has 1 amide bonds. The quantitative estimate of drug-likeness (QED) is 0.779. The molecule has 0 radical (unpaired) electrons. The molecule has 1 aromatic heterocycles. The molecule has 5 nitrogen and oxygen atoms in total. The molecule has 1 aromatic carbocycles. The second kappa shape index (κ2) is 6.43. The summed E-state index contributed by atoms with van der Waals surface area (Å²) in [5.41, 5.74) is 2.41. The smallest absolute Gasteiger partial charge is 0.272 e. The number of rotatable bonds is 5. The Morgan fingerprint density at radius 1 is 1.35 bits per heavy atom. The molecule has 0 atom stereocenters. The monoisotopic (exact) mass is 268 g/mol. The van der Waals surface area contributed by atoms with Gasteiger partial charge in [-0.25, -0.2) is 0 Å². The lowest BCUT2D eigenvalue weighted by atomic mass is 10.1. The number of anilines is 2. The molecule has 0 aliphatic rings. The largest absolute Gasteiger partial charge is 0.383 e. The molecule has 0 spiro atoms. The standard InChI is InChI=1S/C15H16N4O/c1-2-7-17-12-6-5-11(10-16)9-14(12)19-15(20)13-4-3-8-18-13/h3-6,8-9,17-18H,2,7H2,1H3,(H,19,20). The van der Waals surface area contributed by atoms with Crippen molar-refractivity contribution in [2.24, 2.45) is 0 Å². The van der Waals surface area contributed by atoms with Gasteiger partial charge in [0.1, 0.15) is 5.69 Å². The van der Waals surface area contributed by atoms with Crippen molar-refractivity contribution in [3.8, 4) is 6.07 Å². The summed E-state index contributed by atoms with van der Waals surface area (Å²) in [6, 6.07) is 10.7. The van der Waals surface area contributed by atoms with Crippen LogP contribution in [-0.2, 0) is 0 Å². The lowest BCUT2D eigenvalue weighted by Crippen LogP contribution is -2.14. The van der Waals surface area contributed by atoms with Gasteiger partial charge in [0.25, 0.3) is 5.91 Å². The second-order valence-electron chi connectivity index (χ2n) is 4.34. The highest BCUT2D eigenvalue weighted by molar-refractivity contribution is 6.04. The van der Waals surface area contributed by atoms with Crippen LogP contribution in [0.2, 0.25) is 0 Å². The van der Waals surface area contributed by atoms with Gasteiger partial charge in [0.15, 0.2) is 0 Å². The van der Waals surface area contributed by atoms with E-state index in [2.05, 4.69) is 28.6 Å². The summed E-state index contributed by atoms with van der Waals surface area (Å²) in [6.07, 6.45) is 2.67. The molecule has 1 heterocycles. The van der Waals surface area contributed by atoms with Crippen molar-refractivity contribution < 1.29 is 4.79 Å². The van der Waals surface area contributed by atoms with Crippen LogP contribution in [0.25, 0.3) is 0 Å². The molecule has 0 fully saturated rings. The first kappa shape index (κ1) is 13.7. The molecule has 0 unspecified atom stereocenters. The van der Waals surface area contributed by atoms with E-state index in [9.17, 15) is 4.79 Å². The molecular weight excluding hydrogens is 252 g/mol. The summed E-state index contributed by atoms with van der Waals surface area (Å²) >= 11 is 0. The maximum Gasteiger partial charge on any atom is 0.272 e. The highest BCUT2D eigenvalue weighted by atomic mass is 16.1. The van der Waals surface area contributed by atoms with E-state index in [-0.39, 0.29) is 5.91 Å². The van der Waals surface area contributed by atoms with Crippen molar-refractivity contribution in [3.63, 3.8) is 0 Å². The second-order valence-corrected chi connectivity index (χ2v) is 4.34. The lowest BCUT2D eigenvalue weighted by molar-refractivity contribution is 0.102. The van der Waals surface area contributed by atoms with Crippen molar-refractivity contribution in [3.05, 3.63) is 47.8 Å². The van der Waals surface area contributed by atoms with E-state index in [0.29, 0.717) is 16.9 Å². The zero-order valence-corrected chi connectivity index (χ0v) is 11.2. The minimum Gasteiger partial charge on any atom is -0.383 e. The number of carbonyl (C=O) groups excluding carboxylic acids is 1. The summed E-state index contributed by atoms with van der Waals surface area (Å²) in [4.78, 5) is 14.9. The van der Waals surface area contributed by atoms with Crippen LogP contribution in [0.15, 0.2) is 36.5 Å². The molecule has 102 valence electrons. The van der Waals surface area contributed by atoms with E-state index < -0.39 is 0 Å². The summed E-state index contributed by atoms with van der Waals surface area (Å²) in [7, 11) is 0. The Kier molecular flexibility index (Phi) is 4.40. The fourth-order valence-corrected chi connectivity index (χ4v) is 1.79. The van der Waals surface area contributed by atoms with E-state index in [1.54, 1.807) is 36.5 Å². The highest BCUT2D eigenvalue weighted by Crippen LogP contribution is 2.23. The Balaban J connectivity index is 2.23. The third-order valence-corrected chi connectivity index (χ3v) is 2.80. The van der Waals surface area contributed by atoms with Gasteiger partial charge in [0, 0.05) is 12.7 Å². The summed E-state index contributed by atoms with van der Waals surface area (Å²) in [5.74, 6) is -0.232. The number of hydrogen-bond donors (Lipinski definition) is 3. The van der Waals surface area contributed by atoms with Crippen LogP contribution < -0.4 is 10.6 Å².